The van der Waals surface area contributed by atoms with Crippen LogP contribution in [0.1, 0.15) is 17.3 Å². The van der Waals surface area contributed by atoms with E-state index in [1.54, 1.807) is 62.5 Å². The number of carbonyl (C=O) groups excluding carboxylic acids is 2. The minimum atomic E-state index is -3.13. The Morgan fingerprint density at radius 3 is 2.70 bits per heavy atom. The van der Waals surface area contributed by atoms with Gasteiger partial charge in [0.1, 0.15) is 23.6 Å². The van der Waals surface area contributed by atoms with Gasteiger partial charge in [-0.05, 0) is 31.2 Å². The number of carbonyl (C=O) groups is 2. The van der Waals surface area contributed by atoms with Gasteiger partial charge < -0.3 is 20.1 Å². The van der Waals surface area contributed by atoms with Gasteiger partial charge in [-0.1, -0.05) is 11.8 Å². The fourth-order valence-corrected chi connectivity index (χ4v) is 4.97. The number of ether oxygens (including phenoxy) is 1. The molecule has 0 aliphatic carbocycles. The number of likely N-dealkylation sites (N-methyl/N-ethyl adjacent to an activating group) is 1. The SMILES string of the molecule is C[C@H](O)Cn1cc(Sc2ccc(OC(F)F)c(-c3nn(CC(=O)N(C)C)cc3NC(=O)c3cnn4cccnc34)c2)cn1. The molecule has 4 aromatic heterocycles. The van der Waals surface area contributed by atoms with Crippen molar-refractivity contribution in [3.8, 4) is 17.0 Å². The molecule has 0 saturated carbocycles. The summed E-state index contributed by atoms with van der Waals surface area (Å²) < 4.78 is 36.1. The van der Waals surface area contributed by atoms with E-state index in [4.69, 9.17) is 4.74 Å². The Hall–Kier alpha value is -4.83. The van der Waals surface area contributed by atoms with Crippen LogP contribution >= 0.6 is 11.8 Å². The summed E-state index contributed by atoms with van der Waals surface area (Å²) in [6.07, 6.45) is 8.74. The number of nitrogens with one attached hydrogen (secondary N) is 1. The van der Waals surface area contributed by atoms with E-state index in [2.05, 4.69) is 25.6 Å². The fraction of sp³-hybridized carbons (Fsp3) is 0.259. The molecule has 0 radical (unpaired) electrons. The van der Waals surface area contributed by atoms with Gasteiger partial charge >= 0.3 is 6.61 Å². The molecule has 0 aliphatic heterocycles. The van der Waals surface area contributed by atoms with Crippen LogP contribution in [-0.2, 0) is 17.9 Å². The third-order valence-electron chi connectivity index (χ3n) is 6.05. The first-order valence-electron chi connectivity index (χ1n) is 12.9. The van der Waals surface area contributed by atoms with Crippen molar-refractivity contribution >= 4 is 34.9 Å². The summed E-state index contributed by atoms with van der Waals surface area (Å²) >= 11 is 1.30. The second-order valence-corrected chi connectivity index (χ2v) is 10.8. The number of aromatic nitrogens is 7. The summed E-state index contributed by atoms with van der Waals surface area (Å²) in [6.45, 7) is -1.34. The molecule has 1 aromatic carbocycles. The van der Waals surface area contributed by atoms with Crippen molar-refractivity contribution in [2.24, 2.45) is 0 Å². The summed E-state index contributed by atoms with van der Waals surface area (Å²) in [5, 5.41) is 25.3. The minimum absolute atomic E-state index is 0.104. The number of halogens is 2. The Kier molecular flexibility index (Phi) is 8.68. The van der Waals surface area contributed by atoms with Gasteiger partial charge in [-0.3, -0.25) is 19.0 Å². The van der Waals surface area contributed by atoms with Crippen LogP contribution in [0.4, 0.5) is 14.5 Å². The van der Waals surface area contributed by atoms with E-state index in [9.17, 15) is 23.5 Å². The number of nitrogens with zero attached hydrogens (tertiary/aromatic N) is 8. The number of fused-ring (bicyclic) bond motifs is 1. The Balaban J connectivity index is 1.54. The van der Waals surface area contributed by atoms with Crippen molar-refractivity contribution in [3.63, 3.8) is 0 Å². The molecule has 0 aliphatic rings. The summed E-state index contributed by atoms with van der Waals surface area (Å²) in [4.78, 5) is 32.8. The van der Waals surface area contributed by atoms with Crippen LogP contribution in [0, 0.1) is 0 Å². The van der Waals surface area contributed by atoms with Crippen molar-refractivity contribution in [1.82, 2.24) is 39.1 Å². The third-order valence-corrected chi connectivity index (χ3v) is 6.98. The zero-order valence-electron chi connectivity index (χ0n) is 23.3. The number of hydrogen-bond acceptors (Lipinski definition) is 9. The number of anilines is 1. The largest absolute Gasteiger partial charge is 0.434 e. The zero-order valence-corrected chi connectivity index (χ0v) is 24.1. The summed E-state index contributed by atoms with van der Waals surface area (Å²) in [5.41, 5.74) is 0.898. The standard InChI is InChI=1S/C27H27F2N9O4S/c1-16(39)12-36-13-18(10-31-36)43-17-5-6-22(42-27(28)29)19(9-17)24-21(14-37(34-24)15-23(40)35(2)3)33-26(41)20-11-32-38-8-4-7-30-25(20)38/h4-11,13-14,16,27,39H,12,15H2,1-3H3,(H,33,41)/t16-/m0/s1. The van der Waals surface area contributed by atoms with Gasteiger partial charge in [0.25, 0.3) is 5.91 Å². The molecule has 0 unspecified atom stereocenters. The van der Waals surface area contributed by atoms with Crippen LogP contribution in [0.3, 0.4) is 0 Å². The molecule has 4 heterocycles. The van der Waals surface area contributed by atoms with Crippen LogP contribution in [0.15, 0.2) is 71.2 Å². The van der Waals surface area contributed by atoms with Crippen LogP contribution in [0.25, 0.3) is 16.9 Å². The number of aliphatic hydroxyl groups excluding tert-OH is 1. The van der Waals surface area contributed by atoms with E-state index >= 15 is 0 Å². The molecule has 16 heteroatoms. The lowest BCUT2D eigenvalue weighted by Crippen LogP contribution is -2.26. The molecule has 5 rings (SSSR count). The lowest BCUT2D eigenvalue weighted by molar-refractivity contribution is -0.129. The van der Waals surface area contributed by atoms with Gasteiger partial charge in [0.15, 0.2) is 5.65 Å². The number of rotatable bonds is 11. The van der Waals surface area contributed by atoms with Gasteiger partial charge in [0.05, 0.1) is 35.6 Å². The average molecular weight is 612 g/mol. The number of amides is 2. The second kappa shape index (κ2) is 12.6. The van der Waals surface area contributed by atoms with Crippen molar-refractivity contribution < 1.29 is 28.2 Å². The Labute approximate surface area is 248 Å². The maximum absolute atomic E-state index is 13.5. The lowest BCUT2D eigenvalue weighted by Gasteiger charge is -2.13. The Bertz CT molecular complexity index is 1770. The zero-order chi connectivity index (χ0) is 30.7. The van der Waals surface area contributed by atoms with Crippen molar-refractivity contribution in [2.75, 3.05) is 19.4 Å². The maximum atomic E-state index is 13.5. The van der Waals surface area contributed by atoms with Crippen LogP contribution in [0.5, 0.6) is 5.75 Å². The summed E-state index contributed by atoms with van der Waals surface area (Å²) in [5.74, 6) is -1.02. The van der Waals surface area contributed by atoms with Gasteiger partial charge in [0.2, 0.25) is 5.91 Å². The highest BCUT2D eigenvalue weighted by atomic mass is 32.2. The first-order valence-corrected chi connectivity index (χ1v) is 13.7. The number of aliphatic hydroxyl groups is 1. The van der Waals surface area contributed by atoms with Gasteiger partial charge in [-0.2, -0.15) is 24.1 Å². The molecule has 0 bridgehead atoms. The van der Waals surface area contributed by atoms with E-state index < -0.39 is 18.6 Å². The lowest BCUT2D eigenvalue weighted by atomic mass is 10.1. The summed E-state index contributed by atoms with van der Waals surface area (Å²) in [6, 6.07) is 6.25. The van der Waals surface area contributed by atoms with E-state index in [-0.39, 0.29) is 40.7 Å². The minimum Gasteiger partial charge on any atom is -0.434 e. The first-order chi connectivity index (χ1) is 20.6. The molecule has 0 fully saturated rings. The Morgan fingerprint density at radius 2 is 1.95 bits per heavy atom. The van der Waals surface area contributed by atoms with Crippen LogP contribution < -0.4 is 10.1 Å². The molecular formula is C27H27F2N9O4S. The summed E-state index contributed by atoms with van der Waals surface area (Å²) in [7, 11) is 3.18. The van der Waals surface area contributed by atoms with E-state index in [0.29, 0.717) is 17.1 Å². The third kappa shape index (κ3) is 6.98. The molecule has 2 N–H and O–H groups in total. The van der Waals surface area contributed by atoms with Gasteiger partial charge in [-0.25, -0.2) is 9.50 Å². The normalized spacial score (nSPS) is 12.1. The van der Waals surface area contributed by atoms with E-state index in [0.717, 1.165) is 4.90 Å². The molecule has 5 aromatic rings. The van der Waals surface area contributed by atoms with E-state index in [1.807, 2.05) is 0 Å². The van der Waals surface area contributed by atoms with E-state index in [1.165, 1.54) is 50.5 Å². The number of hydrogen-bond donors (Lipinski definition) is 2. The molecule has 2 amide bonds. The van der Waals surface area contributed by atoms with Crippen molar-refractivity contribution in [2.45, 2.75) is 42.5 Å². The highest BCUT2D eigenvalue weighted by Crippen LogP contribution is 2.39. The van der Waals surface area contributed by atoms with Gasteiger partial charge in [0, 0.05) is 49.3 Å². The topological polar surface area (TPSA) is 145 Å². The highest BCUT2D eigenvalue weighted by molar-refractivity contribution is 7.99. The van der Waals surface area contributed by atoms with Crippen molar-refractivity contribution in [1.29, 1.82) is 0 Å². The van der Waals surface area contributed by atoms with Crippen LogP contribution in [0.2, 0.25) is 0 Å². The number of alkyl halides is 2. The second-order valence-electron chi connectivity index (χ2n) is 9.66. The van der Waals surface area contributed by atoms with Crippen LogP contribution in [-0.4, -0.2) is 82.8 Å². The number of benzene rings is 1. The maximum Gasteiger partial charge on any atom is 0.387 e. The van der Waals surface area contributed by atoms with Crippen molar-refractivity contribution in [3.05, 3.63) is 67.0 Å². The quantitative estimate of drug-likeness (QED) is 0.230. The average Bonchev–Trinajstić information content (AvgIpc) is 3.67. The molecule has 0 saturated heterocycles. The molecule has 0 spiro atoms. The molecule has 1 atom stereocenters. The predicted molar refractivity (Wildman–Crippen MR) is 152 cm³/mol. The highest BCUT2D eigenvalue weighted by Gasteiger charge is 2.23. The molecule has 43 heavy (non-hydrogen) atoms. The smallest absolute Gasteiger partial charge is 0.387 e. The monoisotopic (exact) mass is 611 g/mol. The molecular weight excluding hydrogens is 584 g/mol. The Morgan fingerprint density at radius 1 is 1.14 bits per heavy atom. The first kappa shape index (κ1) is 29.7. The molecule has 13 nitrogen and oxygen atoms in total. The fourth-order valence-electron chi connectivity index (χ4n) is 4.11. The van der Waals surface area contributed by atoms with Gasteiger partial charge in [-0.15, -0.1) is 0 Å². The predicted octanol–water partition coefficient (Wildman–Crippen LogP) is 3.26. The molecule has 224 valence electrons.